The Hall–Kier alpha value is -3.16. The fourth-order valence-corrected chi connectivity index (χ4v) is 4.64. The van der Waals surface area contributed by atoms with E-state index in [1.165, 1.54) is 0 Å². The first-order chi connectivity index (χ1) is 16.4. The van der Waals surface area contributed by atoms with E-state index >= 15 is 0 Å². The van der Waals surface area contributed by atoms with Crippen LogP contribution in [0, 0.1) is 6.92 Å². The largest absolute Gasteiger partial charge is 0.351 e. The molecule has 34 heavy (non-hydrogen) atoms. The molecule has 0 saturated heterocycles. The highest BCUT2D eigenvalue weighted by Gasteiger charge is 2.28. The maximum atomic E-state index is 12.9. The van der Waals surface area contributed by atoms with Crippen molar-refractivity contribution < 1.29 is 9.59 Å². The number of aromatic nitrogens is 1. The Labute approximate surface area is 208 Å². The summed E-state index contributed by atoms with van der Waals surface area (Å²) in [5.41, 5.74) is 6.36. The van der Waals surface area contributed by atoms with E-state index < -0.39 is 0 Å². The number of nitrogens with one attached hydrogen (secondary N) is 3. The van der Waals surface area contributed by atoms with Crippen LogP contribution in [0.1, 0.15) is 41.2 Å². The summed E-state index contributed by atoms with van der Waals surface area (Å²) in [5.74, 6) is -0.303. The number of fused-ring (bicyclic) bond motifs is 1. The minimum absolute atomic E-state index is 0.147. The van der Waals surface area contributed by atoms with Crippen molar-refractivity contribution in [1.29, 1.82) is 0 Å². The second-order valence-electron chi connectivity index (χ2n) is 8.31. The molecule has 0 aliphatic carbocycles. The van der Waals surface area contributed by atoms with Crippen LogP contribution < -0.4 is 10.6 Å². The van der Waals surface area contributed by atoms with Crippen LogP contribution in [0.15, 0.2) is 53.0 Å². The van der Waals surface area contributed by atoms with Gasteiger partial charge >= 0.3 is 0 Å². The van der Waals surface area contributed by atoms with Gasteiger partial charge in [0.05, 0.1) is 5.57 Å². The predicted octanol–water partition coefficient (Wildman–Crippen LogP) is 5.32. The molecule has 0 fully saturated rings. The van der Waals surface area contributed by atoms with Gasteiger partial charge in [0, 0.05) is 34.5 Å². The molecule has 1 aliphatic heterocycles. The molecule has 4 rings (SSSR count). The zero-order valence-electron chi connectivity index (χ0n) is 19.7. The molecule has 3 N–H and O–H groups in total. The molecule has 0 spiro atoms. The van der Waals surface area contributed by atoms with Gasteiger partial charge in [0.1, 0.15) is 5.69 Å². The lowest BCUT2D eigenvalue weighted by molar-refractivity contribution is -0.110. The third kappa shape index (κ3) is 5.00. The summed E-state index contributed by atoms with van der Waals surface area (Å²) in [6.07, 6.45) is 1.84. The van der Waals surface area contributed by atoms with E-state index in [9.17, 15) is 9.59 Å². The van der Waals surface area contributed by atoms with E-state index in [2.05, 4.69) is 50.3 Å². The average molecular weight is 521 g/mol. The van der Waals surface area contributed by atoms with Crippen LogP contribution >= 0.6 is 15.9 Å². The van der Waals surface area contributed by atoms with Crippen molar-refractivity contribution in [2.24, 2.45) is 0 Å². The molecule has 176 valence electrons. The monoisotopic (exact) mass is 520 g/mol. The van der Waals surface area contributed by atoms with Gasteiger partial charge in [-0.15, -0.1) is 0 Å². The Morgan fingerprint density at radius 1 is 1.12 bits per heavy atom. The molecule has 0 saturated carbocycles. The number of carbonyl (C=O) groups is 2. The Bertz CT molecular complexity index is 1260. The first-order valence-electron chi connectivity index (χ1n) is 11.5. The fraction of sp³-hybridized carbons (Fsp3) is 0.259. The molecular weight excluding hydrogens is 492 g/mol. The van der Waals surface area contributed by atoms with E-state index in [0.29, 0.717) is 17.8 Å². The van der Waals surface area contributed by atoms with Gasteiger partial charge in [0.15, 0.2) is 0 Å². The number of benzene rings is 2. The summed E-state index contributed by atoms with van der Waals surface area (Å²) in [7, 11) is 0. The van der Waals surface area contributed by atoms with Crippen LogP contribution in [0.25, 0.3) is 22.8 Å². The topological polar surface area (TPSA) is 77.2 Å². The summed E-state index contributed by atoms with van der Waals surface area (Å²) in [6.45, 7) is 9.46. The molecule has 0 radical (unpaired) electrons. The number of aromatic amines is 1. The van der Waals surface area contributed by atoms with Crippen molar-refractivity contribution >= 4 is 45.1 Å². The zero-order chi connectivity index (χ0) is 24.2. The number of hydrogen-bond acceptors (Lipinski definition) is 3. The van der Waals surface area contributed by atoms with Crippen molar-refractivity contribution in [3.63, 3.8) is 0 Å². The molecule has 0 atom stereocenters. The number of halogens is 1. The lowest BCUT2D eigenvalue weighted by Crippen LogP contribution is -2.34. The molecule has 0 unspecified atom stereocenters. The second-order valence-corrected chi connectivity index (χ2v) is 9.23. The molecule has 1 aliphatic rings. The quantitative estimate of drug-likeness (QED) is 0.352. The van der Waals surface area contributed by atoms with Crippen molar-refractivity contribution in [2.75, 3.05) is 31.5 Å². The second kappa shape index (κ2) is 10.4. The van der Waals surface area contributed by atoms with Crippen molar-refractivity contribution in [2.45, 2.75) is 20.8 Å². The minimum Gasteiger partial charge on any atom is -0.351 e. The number of amides is 2. The van der Waals surface area contributed by atoms with Crippen LogP contribution in [-0.4, -0.2) is 47.9 Å². The highest BCUT2D eigenvalue weighted by molar-refractivity contribution is 9.10. The van der Waals surface area contributed by atoms with Crippen LogP contribution in [-0.2, 0) is 4.79 Å². The van der Waals surface area contributed by atoms with Gasteiger partial charge < -0.3 is 20.5 Å². The van der Waals surface area contributed by atoms with Crippen molar-refractivity contribution in [1.82, 2.24) is 15.2 Å². The van der Waals surface area contributed by atoms with Gasteiger partial charge in [-0.05, 0) is 67.0 Å². The summed E-state index contributed by atoms with van der Waals surface area (Å²) in [6, 6.07) is 15.7. The molecule has 7 heteroatoms. The van der Waals surface area contributed by atoms with Crippen LogP contribution in [0.3, 0.4) is 0 Å². The molecule has 2 amide bonds. The lowest BCUT2D eigenvalue weighted by atomic mass is 9.94. The maximum absolute atomic E-state index is 12.9. The van der Waals surface area contributed by atoms with E-state index in [-0.39, 0.29) is 11.8 Å². The summed E-state index contributed by atoms with van der Waals surface area (Å²) in [4.78, 5) is 31.1. The first-order valence-corrected chi connectivity index (χ1v) is 12.3. The number of carbonyl (C=O) groups excluding carboxylic acids is 2. The molecule has 3 aromatic rings. The number of rotatable bonds is 8. The van der Waals surface area contributed by atoms with Gasteiger partial charge in [-0.2, -0.15) is 0 Å². The zero-order valence-corrected chi connectivity index (χ0v) is 21.3. The van der Waals surface area contributed by atoms with E-state index in [1.54, 1.807) is 0 Å². The number of nitrogens with zero attached hydrogens (tertiary/aromatic N) is 1. The van der Waals surface area contributed by atoms with Gasteiger partial charge in [0.2, 0.25) is 0 Å². The molecule has 2 aromatic carbocycles. The molecular formula is C27H29BrN4O2. The number of anilines is 1. The molecule has 6 nitrogen and oxygen atoms in total. The minimum atomic E-state index is -0.156. The van der Waals surface area contributed by atoms with Gasteiger partial charge in [-0.3, -0.25) is 9.59 Å². The Balaban J connectivity index is 1.62. The van der Waals surface area contributed by atoms with Crippen molar-refractivity contribution in [3.8, 4) is 11.1 Å². The summed E-state index contributed by atoms with van der Waals surface area (Å²) < 4.78 is 0.974. The lowest BCUT2D eigenvalue weighted by Gasteiger charge is -2.17. The molecule has 2 heterocycles. The number of likely N-dealkylation sites (N-methyl/N-ethyl adjacent to an activating group) is 1. The average Bonchev–Trinajstić information content (AvgIpc) is 3.36. The standard InChI is InChI=1S/C27H29BrN4O2/c1-4-32(5-2)13-12-29-27(34)24-14-17(3)23(30-24)16-21-25-20(18-8-6-9-19(28)15-18)10-7-11-22(25)31-26(21)33/h6-11,14-16,30H,4-5,12-13H2,1-3H3,(H,29,34)(H,31,33). The number of H-pyrrole nitrogens is 1. The highest BCUT2D eigenvalue weighted by Crippen LogP contribution is 2.41. The van der Waals surface area contributed by atoms with Crippen LogP contribution in [0.4, 0.5) is 5.69 Å². The van der Waals surface area contributed by atoms with Gasteiger partial charge in [-0.25, -0.2) is 0 Å². The third-order valence-electron chi connectivity index (χ3n) is 6.16. The Morgan fingerprint density at radius 2 is 1.88 bits per heavy atom. The predicted molar refractivity (Wildman–Crippen MR) is 142 cm³/mol. The third-order valence-corrected chi connectivity index (χ3v) is 6.65. The maximum Gasteiger partial charge on any atom is 0.267 e. The summed E-state index contributed by atoms with van der Waals surface area (Å²) >= 11 is 3.54. The van der Waals surface area contributed by atoms with Crippen LogP contribution in [0.5, 0.6) is 0 Å². The first kappa shape index (κ1) is 24.0. The molecule has 1 aromatic heterocycles. The number of hydrogen-bond donors (Lipinski definition) is 3. The fourth-order valence-electron chi connectivity index (χ4n) is 4.24. The number of aryl methyl sites for hydroxylation is 1. The smallest absolute Gasteiger partial charge is 0.267 e. The Morgan fingerprint density at radius 3 is 2.62 bits per heavy atom. The highest BCUT2D eigenvalue weighted by atomic mass is 79.9. The SMILES string of the molecule is CCN(CC)CCNC(=O)c1cc(C)c(C=C2C(=O)Nc3cccc(-c4cccc(Br)c4)c32)[nH]1. The van der Waals surface area contributed by atoms with Crippen LogP contribution in [0.2, 0.25) is 0 Å². The van der Waals surface area contributed by atoms with Gasteiger partial charge in [-0.1, -0.05) is 54.0 Å². The van der Waals surface area contributed by atoms with Crippen molar-refractivity contribution in [3.05, 3.63) is 75.5 Å². The van der Waals surface area contributed by atoms with Gasteiger partial charge in [0.25, 0.3) is 11.8 Å². The molecule has 0 bridgehead atoms. The Kier molecular flexibility index (Phi) is 7.34. The normalized spacial score (nSPS) is 13.9. The summed E-state index contributed by atoms with van der Waals surface area (Å²) in [5, 5.41) is 5.95. The van der Waals surface area contributed by atoms with E-state index in [4.69, 9.17) is 0 Å². The van der Waals surface area contributed by atoms with E-state index in [1.807, 2.05) is 61.5 Å². The van der Waals surface area contributed by atoms with E-state index in [0.717, 1.165) is 57.7 Å².